The van der Waals surface area contributed by atoms with Crippen LogP contribution in [0.5, 0.6) is 0 Å². The standard InChI is InChI=1S/C20H38O/c1-16(8-6-9-17(2)13-15-21)11-12-19-18(3)10-7-14-20(19,4)5/h10,16-17,19,21H,6-9,11-15H2,1-5H3/t16-,17-,19+/m0/s1. The number of hydrogen-bond acceptors (Lipinski definition) is 1. The van der Waals surface area contributed by atoms with E-state index < -0.39 is 0 Å². The highest BCUT2D eigenvalue weighted by Crippen LogP contribution is 2.43. The van der Waals surface area contributed by atoms with Gasteiger partial charge in [-0.3, -0.25) is 0 Å². The Balaban J connectivity index is 2.27. The van der Waals surface area contributed by atoms with Crippen molar-refractivity contribution in [2.75, 3.05) is 6.61 Å². The molecule has 124 valence electrons. The van der Waals surface area contributed by atoms with Gasteiger partial charge >= 0.3 is 0 Å². The molecule has 0 radical (unpaired) electrons. The number of rotatable bonds is 9. The smallest absolute Gasteiger partial charge is 0.0433 e. The van der Waals surface area contributed by atoms with Crippen molar-refractivity contribution in [2.24, 2.45) is 23.2 Å². The van der Waals surface area contributed by atoms with Gasteiger partial charge in [0, 0.05) is 6.61 Å². The van der Waals surface area contributed by atoms with E-state index in [0.29, 0.717) is 17.9 Å². The monoisotopic (exact) mass is 294 g/mol. The van der Waals surface area contributed by atoms with Crippen LogP contribution in [0, 0.1) is 23.2 Å². The van der Waals surface area contributed by atoms with E-state index in [2.05, 4.69) is 40.7 Å². The van der Waals surface area contributed by atoms with Gasteiger partial charge in [-0.05, 0) is 55.8 Å². The summed E-state index contributed by atoms with van der Waals surface area (Å²) < 4.78 is 0. The molecule has 0 saturated heterocycles. The highest BCUT2D eigenvalue weighted by atomic mass is 16.3. The van der Waals surface area contributed by atoms with E-state index in [4.69, 9.17) is 5.11 Å². The van der Waals surface area contributed by atoms with Crippen LogP contribution in [0.3, 0.4) is 0 Å². The second kappa shape index (κ2) is 8.98. The van der Waals surface area contributed by atoms with E-state index >= 15 is 0 Å². The molecule has 0 saturated carbocycles. The molecule has 3 atom stereocenters. The Morgan fingerprint density at radius 1 is 1.14 bits per heavy atom. The van der Waals surface area contributed by atoms with Crippen LogP contribution in [0.2, 0.25) is 0 Å². The Morgan fingerprint density at radius 3 is 2.33 bits per heavy atom. The van der Waals surface area contributed by atoms with Crippen LogP contribution in [0.15, 0.2) is 11.6 Å². The lowest BCUT2D eigenvalue weighted by Crippen LogP contribution is -2.28. The minimum absolute atomic E-state index is 0.346. The zero-order chi connectivity index (χ0) is 15.9. The maximum atomic E-state index is 8.94. The lowest BCUT2D eigenvalue weighted by atomic mass is 9.66. The van der Waals surface area contributed by atoms with Gasteiger partial charge in [0.2, 0.25) is 0 Å². The fourth-order valence-electron chi connectivity index (χ4n) is 4.00. The van der Waals surface area contributed by atoms with Crippen LogP contribution < -0.4 is 0 Å². The predicted molar refractivity (Wildman–Crippen MR) is 93.4 cm³/mol. The Hall–Kier alpha value is -0.300. The minimum atomic E-state index is 0.346. The van der Waals surface area contributed by atoms with Crippen LogP contribution in [-0.2, 0) is 0 Å². The van der Waals surface area contributed by atoms with E-state index in [9.17, 15) is 0 Å². The Bertz CT molecular complexity index is 316. The largest absolute Gasteiger partial charge is 0.396 e. The quantitative estimate of drug-likeness (QED) is 0.519. The molecular weight excluding hydrogens is 256 g/mol. The molecule has 0 aromatic carbocycles. The fraction of sp³-hybridized carbons (Fsp3) is 0.900. The summed E-state index contributed by atoms with van der Waals surface area (Å²) in [5.74, 6) is 2.32. The van der Waals surface area contributed by atoms with Gasteiger partial charge in [0.25, 0.3) is 0 Å². The van der Waals surface area contributed by atoms with Crippen LogP contribution in [0.4, 0.5) is 0 Å². The summed E-state index contributed by atoms with van der Waals surface area (Å²) in [7, 11) is 0. The number of aliphatic hydroxyl groups excluding tert-OH is 1. The van der Waals surface area contributed by atoms with Crippen LogP contribution >= 0.6 is 0 Å². The minimum Gasteiger partial charge on any atom is -0.396 e. The predicted octanol–water partition coefficient (Wildman–Crippen LogP) is 5.97. The Labute approximate surface area is 133 Å². The number of aliphatic hydroxyl groups is 1. The topological polar surface area (TPSA) is 20.2 Å². The summed E-state index contributed by atoms with van der Waals surface area (Å²) in [4.78, 5) is 0. The normalized spacial score (nSPS) is 24.5. The van der Waals surface area contributed by atoms with Gasteiger partial charge in [0.1, 0.15) is 0 Å². The first kappa shape index (κ1) is 18.7. The molecule has 1 heteroatoms. The summed E-state index contributed by atoms with van der Waals surface area (Å²) in [6.07, 6.45) is 12.7. The van der Waals surface area contributed by atoms with E-state index in [1.807, 2.05) is 0 Å². The highest BCUT2D eigenvalue weighted by Gasteiger charge is 2.32. The first-order chi connectivity index (χ1) is 9.86. The Morgan fingerprint density at radius 2 is 1.76 bits per heavy atom. The molecule has 0 aromatic heterocycles. The van der Waals surface area contributed by atoms with Gasteiger partial charge in [-0.25, -0.2) is 0 Å². The molecule has 0 heterocycles. The molecule has 0 aromatic rings. The summed E-state index contributed by atoms with van der Waals surface area (Å²) in [5.41, 5.74) is 2.13. The number of allylic oxidation sites excluding steroid dienone is 2. The molecule has 1 aliphatic carbocycles. The highest BCUT2D eigenvalue weighted by molar-refractivity contribution is 5.11. The second-order valence-corrected chi connectivity index (χ2v) is 8.26. The van der Waals surface area contributed by atoms with E-state index in [-0.39, 0.29) is 0 Å². The van der Waals surface area contributed by atoms with Crippen LogP contribution in [0.25, 0.3) is 0 Å². The van der Waals surface area contributed by atoms with Gasteiger partial charge in [-0.1, -0.05) is 65.0 Å². The third-order valence-corrected chi connectivity index (χ3v) is 5.71. The van der Waals surface area contributed by atoms with Crippen molar-refractivity contribution in [3.63, 3.8) is 0 Å². The van der Waals surface area contributed by atoms with Crippen LogP contribution in [-0.4, -0.2) is 11.7 Å². The van der Waals surface area contributed by atoms with E-state index in [1.165, 1.54) is 44.9 Å². The zero-order valence-corrected chi connectivity index (χ0v) is 15.1. The average molecular weight is 295 g/mol. The molecule has 1 N–H and O–H groups in total. The van der Waals surface area contributed by atoms with E-state index in [1.54, 1.807) is 5.57 Å². The molecule has 1 aliphatic rings. The van der Waals surface area contributed by atoms with Crippen molar-refractivity contribution in [3.05, 3.63) is 11.6 Å². The lowest BCUT2D eigenvalue weighted by Gasteiger charge is -2.39. The van der Waals surface area contributed by atoms with Crippen molar-refractivity contribution in [1.29, 1.82) is 0 Å². The summed E-state index contributed by atoms with van der Waals surface area (Å²) >= 11 is 0. The fourth-order valence-corrected chi connectivity index (χ4v) is 4.00. The molecule has 0 bridgehead atoms. The third kappa shape index (κ3) is 6.55. The molecule has 21 heavy (non-hydrogen) atoms. The maximum absolute atomic E-state index is 8.94. The van der Waals surface area contributed by atoms with Gasteiger partial charge in [0.05, 0.1) is 0 Å². The third-order valence-electron chi connectivity index (χ3n) is 5.71. The molecule has 1 rings (SSSR count). The molecule has 0 unspecified atom stereocenters. The van der Waals surface area contributed by atoms with Crippen molar-refractivity contribution < 1.29 is 5.11 Å². The Kier molecular flexibility index (Phi) is 8.02. The first-order valence-electron chi connectivity index (χ1n) is 9.14. The molecule has 1 nitrogen and oxygen atoms in total. The van der Waals surface area contributed by atoms with Gasteiger partial charge in [0.15, 0.2) is 0 Å². The number of hydrogen-bond donors (Lipinski definition) is 1. The van der Waals surface area contributed by atoms with Crippen molar-refractivity contribution >= 4 is 0 Å². The van der Waals surface area contributed by atoms with Gasteiger partial charge in [-0.2, -0.15) is 0 Å². The average Bonchev–Trinajstić information content (AvgIpc) is 2.37. The van der Waals surface area contributed by atoms with Crippen molar-refractivity contribution in [1.82, 2.24) is 0 Å². The van der Waals surface area contributed by atoms with Gasteiger partial charge in [-0.15, -0.1) is 0 Å². The summed E-state index contributed by atoms with van der Waals surface area (Å²) in [6, 6.07) is 0. The summed E-state index contributed by atoms with van der Waals surface area (Å²) in [6.45, 7) is 12.3. The first-order valence-corrected chi connectivity index (χ1v) is 9.14. The molecule has 0 spiro atoms. The second-order valence-electron chi connectivity index (χ2n) is 8.26. The van der Waals surface area contributed by atoms with E-state index in [0.717, 1.165) is 18.3 Å². The maximum Gasteiger partial charge on any atom is 0.0433 e. The van der Waals surface area contributed by atoms with Crippen molar-refractivity contribution in [3.8, 4) is 0 Å². The summed E-state index contributed by atoms with van der Waals surface area (Å²) in [5, 5.41) is 8.94. The molecule has 0 amide bonds. The van der Waals surface area contributed by atoms with Crippen molar-refractivity contribution in [2.45, 2.75) is 86.0 Å². The van der Waals surface area contributed by atoms with Gasteiger partial charge < -0.3 is 5.11 Å². The SMILES string of the molecule is CC1=CCCC(C)(C)[C@@H]1CC[C@@H](C)CCC[C@H](C)CCO. The molecular formula is C20H38O. The molecule has 0 aliphatic heterocycles. The molecule has 0 fully saturated rings. The van der Waals surface area contributed by atoms with Crippen LogP contribution in [0.1, 0.15) is 86.0 Å². The lowest BCUT2D eigenvalue weighted by molar-refractivity contribution is 0.192. The zero-order valence-electron chi connectivity index (χ0n) is 15.1.